The first-order valence-corrected chi connectivity index (χ1v) is 12.8. The summed E-state index contributed by atoms with van der Waals surface area (Å²) in [6.45, 7) is 4.59. The van der Waals surface area contributed by atoms with Crippen molar-refractivity contribution in [2.24, 2.45) is 5.10 Å². The van der Waals surface area contributed by atoms with E-state index in [0.29, 0.717) is 23.3 Å². The largest absolute Gasteiger partial charge is 0.489 e. The average Bonchev–Trinajstić information content (AvgIpc) is 2.91. The van der Waals surface area contributed by atoms with E-state index in [4.69, 9.17) is 9.72 Å². The molecule has 5 aromatic rings. The highest BCUT2D eigenvalue weighted by atomic mass is 79.9. The van der Waals surface area contributed by atoms with E-state index in [-0.39, 0.29) is 11.5 Å². The fourth-order valence-corrected chi connectivity index (χ4v) is 4.53. The quantitative estimate of drug-likeness (QED) is 0.204. The third-order valence-electron chi connectivity index (χ3n) is 6.34. The topological polar surface area (TPSA) is 56.5 Å². The molecule has 6 heteroatoms. The fraction of sp³-hybridized carbons (Fsp3) is 0.167. The minimum Gasteiger partial charge on any atom is -0.489 e. The molecule has 0 aliphatic carbocycles. The van der Waals surface area contributed by atoms with E-state index in [1.54, 1.807) is 12.3 Å². The number of hydrogen-bond donors (Lipinski definition) is 0. The highest BCUT2D eigenvalue weighted by Gasteiger charge is 2.15. The Morgan fingerprint density at radius 1 is 1.00 bits per heavy atom. The van der Waals surface area contributed by atoms with Gasteiger partial charge in [-0.2, -0.15) is 9.78 Å². The Hall–Kier alpha value is -3.77. The van der Waals surface area contributed by atoms with Crippen LogP contribution >= 0.6 is 15.9 Å². The van der Waals surface area contributed by atoms with Gasteiger partial charge >= 0.3 is 0 Å². The maximum atomic E-state index is 13.3. The van der Waals surface area contributed by atoms with Crippen LogP contribution < -0.4 is 10.3 Å². The zero-order chi connectivity index (χ0) is 25.1. The van der Waals surface area contributed by atoms with E-state index in [0.717, 1.165) is 27.8 Å². The lowest BCUT2D eigenvalue weighted by Crippen LogP contribution is -2.23. The molecular formula is C30H26BrN3O2. The van der Waals surface area contributed by atoms with Crippen LogP contribution in [-0.2, 0) is 6.61 Å². The van der Waals surface area contributed by atoms with Gasteiger partial charge in [-0.25, -0.2) is 4.98 Å². The smallest absolute Gasteiger partial charge is 0.282 e. The molecule has 0 aliphatic rings. The molecule has 0 spiro atoms. The summed E-state index contributed by atoms with van der Waals surface area (Å²) in [6, 6.07) is 27.8. The van der Waals surface area contributed by atoms with Gasteiger partial charge in [0.1, 0.15) is 18.2 Å². The minimum absolute atomic E-state index is 0.0817. The van der Waals surface area contributed by atoms with E-state index >= 15 is 0 Å². The fourth-order valence-electron chi connectivity index (χ4n) is 4.17. The van der Waals surface area contributed by atoms with Crippen molar-refractivity contribution in [1.82, 2.24) is 9.66 Å². The number of benzene rings is 4. The van der Waals surface area contributed by atoms with Gasteiger partial charge in [0, 0.05) is 10.4 Å². The molecule has 0 fully saturated rings. The van der Waals surface area contributed by atoms with Crippen LogP contribution in [0.1, 0.15) is 43.1 Å². The van der Waals surface area contributed by atoms with Crippen LogP contribution in [0.25, 0.3) is 21.7 Å². The Labute approximate surface area is 218 Å². The second kappa shape index (κ2) is 10.5. The molecule has 0 saturated carbocycles. The molecule has 5 rings (SSSR count). The highest BCUT2D eigenvalue weighted by Crippen LogP contribution is 2.22. The highest BCUT2D eigenvalue weighted by molar-refractivity contribution is 9.10. The third kappa shape index (κ3) is 4.95. The molecule has 0 bridgehead atoms. The molecule has 1 atom stereocenters. The molecule has 0 radical (unpaired) electrons. The second-order valence-electron chi connectivity index (χ2n) is 8.80. The summed E-state index contributed by atoms with van der Waals surface area (Å²) >= 11 is 3.45. The van der Waals surface area contributed by atoms with Gasteiger partial charge in [0.05, 0.1) is 17.1 Å². The first-order chi connectivity index (χ1) is 17.5. The van der Waals surface area contributed by atoms with Crippen molar-refractivity contribution in [3.8, 4) is 5.75 Å². The van der Waals surface area contributed by atoms with Crippen molar-refractivity contribution < 1.29 is 4.74 Å². The van der Waals surface area contributed by atoms with Gasteiger partial charge in [-0.3, -0.25) is 4.79 Å². The zero-order valence-electron chi connectivity index (χ0n) is 20.2. The van der Waals surface area contributed by atoms with Gasteiger partial charge in [-0.05, 0) is 58.7 Å². The normalized spacial score (nSPS) is 12.4. The average molecular weight is 540 g/mol. The van der Waals surface area contributed by atoms with Gasteiger partial charge in [0.15, 0.2) is 0 Å². The number of rotatable bonds is 7. The lowest BCUT2D eigenvalue weighted by molar-refractivity contribution is 0.307. The molecule has 5 nitrogen and oxygen atoms in total. The van der Waals surface area contributed by atoms with E-state index < -0.39 is 0 Å². The first-order valence-electron chi connectivity index (χ1n) is 12.0. The third-order valence-corrected chi connectivity index (χ3v) is 6.83. The van der Waals surface area contributed by atoms with E-state index in [1.807, 2.05) is 54.6 Å². The Balaban J connectivity index is 1.44. The van der Waals surface area contributed by atoms with Crippen molar-refractivity contribution in [2.75, 3.05) is 0 Å². The monoisotopic (exact) mass is 539 g/mol. The molecule has 0 aliphatic heterocycles. The number of ether oxygens (including phenoxy) is 1. The Kier molecular flexibility index (Phi) is 6.96. The van der Waals surface area contributed by atoms with Crippen LogP contribution in [0.4, 0.5) is 0 Å². The summed E-state index contributed by atoms with van der Waals surface area (Å²) in [5, 5.41) is 7.48. The summed E-state index contributed by atoms with van der Waals surface area (Å²) in [5.74, 6) is 1.47. The Bertz CT molecular complexity index is 1640. The number of nitrogens with zero attached hydrogens (tertiary/aromatic N) is 3. The summed E-state index contributed by atoms with van der Waals surface area (Å²) < 4.78 is 8.37. The van der Waals surface area contributed by atoms with Gasteiger partial charge in [-0.1, -0.05) is 84.4 Å². The summed E-state index contributed by atoms with van der Waals surface area (Å²) in [4.78, 5) is 18.1. The number of halogens is 1. The summed E-state index contributed by atoms with van der Waals surface area (Å²) in [5.41, 5.74) is 2.46. The van der Waals surface area contributed by atoms with E-state index in [2.05, 4.69) is 59.1 Å². The number of hydrogen-bond acceptors (Lipinski definition) is 4. The second-order valence-corrected chi connectivity index (χ2v) is 9.72. The first kappa shape index (κ1) is 23.9. The molecule has 4 aromatic carbocycles. The Morgan fingerprint density at radius 3 is 2.67 bits per heavy atom. The molecule has 1 heterocycles. The Morgan fingerprint density at radius 2 is 1.81 bits per heavy atom. The number of aromatic nitrogens is 2. The van der Waals surface area contributed by atoms with Crippen LogP contribution in [-0.4, -0.2) is 15.9 Å². The van der Waals surface area contributed by atoms with Gasteiger partial charge < -0.3 is 4.74 Å². The van der Waals surface area contributed by atoms with Crippen molar-refractivity contribution in [3.63, 3.8) is 0 Å². The maximum Gasteiger partial charge on any atom is 0.282 e. The van der Waals surface area contributed by atoms with Crippen molar-refractivity contribution in [3.05, 3.63) is 117 Å². The number of fused-ring (bicyclic) bond motifs is 2. The van der Waals surface area contributed by atoms with Crippen molar-refractivity contribution in [2.45, 2.75) is 32.8 Å². The minimum atomic E-state index is -0.184. The molecule has 0 unspecified atom stereocenters. The molecule has 0 N–H and O–H groups in total. The van der Waals surface area contributed by atoms with Crippen LogP contribution in [0.3, 0.4) is 0 Å². The molecule has 1 aromatic heterocycles. The van der Waals surface area contributed by atoms with E-state index in [9.17, 15) is 4.79 Å². The molecule has 0 amide bonds. The molecule has 180 valence electrons. The predicted octanol–water partition coefficient (Wildman–Crippen LogP) is 7.29. The van der Waals surface area contributed by atoms with Crippen LogP contribution in [0.15, 0.2) is 99.3 Å². The van der Waals surface area contributed by atoms with Crippen molar-refractivity contribution in [1.29, 1.82) is 0 Å². The zero-order valence-corrected chi connectivity index (χ0v) is 21.8. The lowest BCUT2D eigenvalue weighted by Gasteiger charge is -2.14. The van der Waals surface area contributed by atoms with Gasteiger partial charge in [-0.15, -0.1) is 0 Å². The molecule has 36 heavy (non-hydrogen) atoms. The van der Waals surface area contributed by atoms with Crippen LogP contribution in [0, 0.1) is 0 Å². The SMILES string of the molecule is CC[C@H](C)c1nc2ccc(Br)cc2c(=O)n1N=Cc1cccc(OCc2cccc3ccccc23)c1. The maximum absolute atomic E-state index is 13.3. The van der Waals surface area contributed by atoms with Crippen LogP contribution in [0.5, 0.6) is 5.75 Å². The predicted molar refractivity (Wildman–Crippen MR) is 150 cm³/mol. The standard InChI is InChI=1S/C30H26BrN3O2/c1-3-20(2)29-33-28-15-14-24(31)17-27(28)30(35)34(29)32-18-21-8-6-12-25(16-21)36-19-23-11-7-10-22-9-4-5-13-26(22)23/h4-18,20H,3,19H2,1-2H3/t20-/m0/s1. The van der Waals surface area contributed by atoms with Gasteiger partial charge in [0.2, 0.25) is 0 Å². The van der Waals surface area contributed by atoms with E-state index in [1.165, 1.54) is 15.4 Å². The van der Waals surface area contributed by atoms with Crippen molar-refractivity contribution >= 4 is 43.8 Å². The molecule has 0 saturated heterocycles. The summed E-state index contributed by atoms with van der Waals surface area (Å²) in [7, 11) is 0. The van der Waals surface area contributed by atoms with Gasteiger partial charge in [0.25, 0.3) is 5.56 Å². The van der Waals surface area contributed by atoms with Crippen LogP contribution in [0.2, 0.25) is 0 Å². The summed E-state index contributed by atoms with van der Waals surface area (Å²) in [6.07, 6.45) is 2.53. The molecular weight excluding hydrogens is 514 g/mol. The lowest BCUT2D eigenvalue weighted by atomic mass is 10.1.